The highest BCUT2D eigenvalue weighted by Crippen LogP contribution is 2.38. The molecule has 0 fully saturated rings. The van der Waals surface area contributed by atoms with Crippen LogP contribution in [0.4, 0.5) is 0 Å². The quantitative estimate of drug-likeness (QED) is 0.781. The molecule has 4 nitrogen and oxygen atoms in total. The predicted molar refractivity (Wildman–Crippen MR) is 62.9 cm³/mol. The summed E-state index contributed by atoms with van der Waals surface area (Å²) in [5, 5.41) is 0. The lowest BCUT2D eigenvalue weighted by atomic mass is 10.3. The highest BCUT2D eigenvalue weighted by atomic mass is 31.2. The van der Waals surface area contributed by atoms with Crippen LogP contribution >= 0.6 is 7.60 Å². The average Bonchev–Trinajstić information content (AvgIpc) is 2.24. The molecule has 0 aliphatic carbocycles. The smallest absolute Gasteiger partial charge is 0.325 e. The number of hydrogen-bond acceptors (Lipinski definition) is 3. The van der Waals surface area contributed by atoms with E-state index in [-0.39, 0.29) is 12.7 Å². The van der Waals surface area contributed by atoms with Crippen molar-refractivity contribution in [3.63, 3.8) is 0 Å². The zero-order chi connectivity index (χ0) is 12.0. The van der Waals surface area contributed by atoms with Crippen LogP contribution in [0.3, 0.4) is 0 Å². The molecule has 0 radical (unpaired) electrons. The molecule has 0 spiro atoms. The van der Waals surface area contributed by atoms with E-state index < -0.39 is 7.60 Å². The predicted octanol–water partition coefficient (Wildman–Crippen LogP) is 2.68. The molecule has 0 saturated heterocycles. The Bertz CT molecular complexity index is 346. The zero-order valence-electron chi connectivity index (χ0n) is 9.50. The van der Waals surface area contributed by atoms with Crippen molar-refractivity contribution < 1.29 is 18.7 Å². The fraction of sp³-hybridized carbons (Fsp3) is 0.455. The number of rotatable bonds is 6. The van der Waals surface area contributed by atoms with Gasteiger partial charge < -0.3 is 14.2 Å². The van der Waals surface area contributed by atoms with Crippen molar-refractivity contribution in [2.45, 2.75) is 19.4 Å². The van der Waals surface area contributed by atoms with Gasteiger partial charge in [0.1, 0.15) is 18.5 Å². The monoisotopic (exact) mass is 244 g/mol. The lowest BCUT2D eigenvalue weighted by Crippen LogP contribution is -2.19. The van der Waals surface area contributed by atoms with Crippen LogP contribution in [0.25, 0.3) is 0 Å². The second-order valence-corrected chi connectivity index (χ2v) is 5.38. The Morgan fingerprint density at radius 3 is 2.50 bits per heavy atom. The summed E-state index contributed by atoms with van der Waals surface area (Å²) in [7, 11) is -3.44. The molecule has 0 bridgehead atoms. The van der Waals surface area contributed by atoms with E-state index >= 15 is 0 Å². The van der Waals surface area contributed by atoms with Gasteiger partial charge in [0.15, 0.2) is 0 Å². The van der Waals surface area contributed by atoms with E-state index in [0.717, 1.165) is 5.75 Å². The Morgan fingerprint density at radius 2 is 2.00 bits per heavy atom. The van der Waals surface area contributed by atoms with Crippen molar-refractivity contribution in [2.24, 2.45) is 0 Å². The van der Waals surface area contributed by atoms with Gasteiger partial charge in [0.25, 0.3) is 0 Å². The van der Waals surface area contributed by atoms with Crippen LogP contribution in [0.1, 0.15) is 13.3 Å². The van der Waals surface area contributed by atoms with Crippen molar-refractivity contribution in [1.29, 1.82) is 0 Å². The van der Waals surface area contributed by atoms with Crippen LogP contribution in [0.2, 0.25) is 0 Å². The van der Waals surface area contributed by atoms with Crippen molar-refractivity contribution >= 4 is 7.60 Å². The van der Waals surface area contributed by atoms with E-state index in [1.54, 1.807) is 0 Å². The third-order valence-electron chi connectivity index (χ3n) is 1.98. The maximum Gasteiger partial charge on any atom is 0.325 e. The molecule has 0 aliphatic rings. The average molecular weight is 244 g/mol. The Labute approximate surface area is 95.7 Å². The highest BCUT2D eigenvalue weighted by Gasteiger charge is 2.18. The van der Waals surface area contributed by atoms with Crippen molar-refractivity contribution in [1.82, 2.24) is 0 Å². The van der Waals surface area contributed by atoms with Crippen LogP contribution in [0.15, 0.2) is 30.3 Å². The fourth-order valence-corrected chi connectivity index (χ4v) is 1.97. The van der Waals surface area contributed by atoms with Crippen LogP contribution < -0.4 is 4.74 Å². The van der Waals surface area contributed by atoms with Gasteiger partial charge in [-0.1, -0.05) is 25.1 Å². The van der Waals surface area contributed by atoms with E-state index in [1.807, 2.05) is 37.3 Å². The molecule has 16 heavy (non-hydrogen) atoms. The lowest BCUT2D eigenvalue weighted by molar-refractivity contribution is 0.113. The molecule has 0 heterocycles. The Hall–Kier alpha value is -0.830. The van der Waals surface area contributed by atoms with Gasteiger partial charge in [-0.2, -0.15) is 0 Å². The van der Waals surface area contributed by atoms with E-state index in [2.05, 4.69) is 0 Å². The normalized spacial score (nSPS) is 16.4. The van der Waals surface area contributed by atoms with Crippen molar-refractivity contribution in [2.75, 3.05) is 13.3 Å². The molecule has 0 amide bonds. The molecule has 1 aromatic rings. The molecule has 1 N–H and O–H groups in total. The van der Waals surface area contributed by atoms with E-state index in [9.17, 15) is 4.57 Å². The minimum absolute atomic E-state index is 0.277. The van der Waals surface area contributed by atoms with Gasteiger partial charge in [-0.05, 0) is 18.6 Å². The number of ether oxygens (including phenoxy) is 1. The first-order valence-corrected chi connectivity index (χ1v) is 7.20. The summed E-state index contributed by atoms with van der Waals surface area (Å²) in [5.74, 6) is 0.730. The molecular formula is C11H17O4P. The third-order valence-corrected chi connectivity index (χ3v) is 2.67. The van der Waals surface area contributed by atoms with Gasteiger partial charge >= 0.3 is 7.60 Å². The Kier molecular flexibility index (Phi) is 5.00. The first kappa shape index (κ1) is 13.2. The second-order valence-electron chi connectivity index (χ2n) is 3.56. The summed E-state index contributed by atoms with van der Waals surface area (Å²) >= 11 is 0. The largest absolute Gasteiger partial charge is 0.491 e. The summed E-state index contributed by atoms with van der Waals surface area (Å²) in [6.07, 6.45) is 0.270. The van der Waals surface area contributed by atoms with Gasteiger partial charge in [0.05, 0.1) is 0 Å². The van der Waals surface area contributed by atoms with Crippen molar-refractivity contribution in [3.8, 4) is 5.75 Å². The molecule has 0 aliphatic heterocycles. The van der Waals surface area contributed by atoms with Crippen LogP contribution in [0.5, 0.6) is 5.75 Å². The number of hydrogen-bond donors (Lipinski definition) is 1. The number of benzene rings is 1. The van der Waals surface area contributed by atoms with Crippen LogP contribution in [-0.4, -0.2) is 24.3 Å². The zero-order valence-corrected chi connectivity index (χ0v) is 10.4. The maximum absolute atomic E-state index is 11.1. The second kappa shape index (κ2) is 6.04. The summed E-state index contributed by atoms with van der Waals surface area (Å²) in [4.78, 5) is 9.09. The van der Waals surface area contributed by atoms with E-state index in [4.69, 9.17) is 14.2 Å². The molecular weight excluding hydrogens is 227 g/mol. The van der Waals surface area contributed by atoms with Crippen molar-refractivity contribution in [3.05, 3.63) is 30.3 Å². The molecule has 1 unspecified atom stereocenters. The maximum atomic E-state index is 11.1. The Balaban J connectivity index is 2.43. The summed E-state index contributed by atoms with van der Waals surface area (Å²) in [5.41, 5.74) is 0. The SMILES string of the molecule is CC[C@@H](COc1ccccc1)OP(C)(=O)O. The minimum atomic E-state index is -3.44. The molecule has 1 rings (SSSR count). The van der Waals surface area contributed by atoms with Gasteiger partial charge in [0, 0.05) is 6.66 Å². The van der Waals surface area contributed by atoms with E-state index in [1.165, 1.54) is 6.66 Å². The fourth-order valence-electron chi connectivity index (χ4n) is 1.21. The van der Waals surface area contributed by atoms with E-state index in [0.29, 0.717) is 6.42 Å². The lowest BCUT2D eigenvalue weighted by Gasteiger charge is -2.18. The number of para-hydroxylation sites is 1. The topological polar surface area (TPSA) is 55.8 Å². The highest BCUT2D eigenvalue weighted by molar-refractivity contribution is 7.51. The van der Waals surface area contributed by atoms with Gasteiger partial charge in [0.2, 0.25) is 0 Å². The molecule has 0 aromatic heterocycles. The molecule has 1 aromatic carbocycles. The summed E-state index contributed by atoms with van der Waals surface area (Å²) in [6.45, 7) is 3.34. The van der Waals surface area contributed by atoms with Crippen LogP contribution in [-0.2, 0) is 9.09 Å². The summed E-state index contributed by atoms with van der Waals surface area (Å²) in [6, 6.07) is 9.30. The first-order valence-electron chi connectivity index (χ1n) is 5.18. The van der Waals surface area contributed by atoms with Crippen LogP contribution in [0, 0.1) is 0 Å². The standard InChI is InChI=1S/C11H17O4P/c1-3-10(15-16(2,12)13)9-14-11-7-5-4-6-8-11/h4-8,10H,3,9H2,1-2H3,(H,12,13)/t10-/m0/s1. The molecule has 0 saturated carbocycles. The van der Waals surface area contributed by atoms with Gasteiger partial charge in [-0.15, -0.1) is 0 Å². The Morgan fingerprint density at radius 1 is 1.38 bits per heavy atom. The van der Waals surface area contributed by atoms with Gasteiger partial charge in [-0.25, -0.2) is 0 Å². The summed E-state index contributed by atoms with van der Waals surface area (Å²) < 4.78 is 21.5. The third kappa shape index (κ3) is 5.31. The molecule has 5 heteroatoms. The minimum Gasteiger partial charge on any atom is -0.491 e. The first-order chi connectivity index (χ1) is 7.51. The molecule has 2 atom stereocenters. The van der Waals surface area contributed by atoms with Gasteiger partial charge in [-0.3, -0.25) is 4.57 Å². The molecule has 90 valence electrons.